The second-order valence-electron chi connectivity index (χ2n) is 11.7. The molecule has 6 atom stereocenters. The van der Waals surface area contributed by atoms with E-state index < -0.39 is 0 Å². The molecule has 198 valence electrons. The number of piperazine rings is 1. The summed E-state index contributed by atoms with van der Waals surface area (Å²) in [6, 6.07) is 13.1. The van der Waals surface area contributed by atoms with Gasteiger partial charge in [0.25, 0.3) is 0 Å². The molecular formula is C31H33F2N3O2. The molecule has 38 heavy (non-hydrogen) atoms. The lowest BCUT2D eigenvalue weighted by Crippen LogP contribution is -2.48. The van der Waals surface area contributed by atoms with Gasteiger partial charge in [-0.25, -0.2) is 8.78 Å². The van der Waals surface area contributed by atoms with Gasteiger partial charge in [-0.15, -0.1) is 0 Å². The average molecular weight is 518 g/mol. The summed E-state index contributed by atoms with van der Waals surface area (Å²) in [6.07, 6.45) is 6.41. The number of benzene rings is 2. The SMILES string of the molecule is O=C1C2C(C(=O)N1CCCN1CCN(C(c3ccc(F)cc3)c3ccc(F)cc3)CC1)[C@H]1C=C[C@@H]2C2CC21. The van der Waals surface area contributed by atoms with Crippen LogP contribution < -0.4 is 0 Å². The number of carbonyl (C=O) groups excluding carboxylic acids is 2. The van der Waals surface area contributed by atoms with Crippen LogP contribution in [-0.4, -0.2) is 65.8 Å². The van der Waals surface area contributed by atoms with E-state index >= 15 is 0 Å². The third kappa shape index (κ3) is 4.02. The molecule has 4 aliphatic carbocycles. The number of amides is 2. The smallest absolute Gasteiger partial charge is 0.233 e. The quantitative estimate of drug-likeness (QED) is 0.410. The van der Waals surface area contributed by atoms with Crippen molar-refractivity contribution in [3.8, 4) is 0 Å². The Morgan fingerprint density at radius 2 is 1.21 bits per heavy atom. The van der Waals surface area contributed by atoms with Crippen LogP contribution in [0.2, 0.25) is 0 Å². The standard InChI is InChI=1S/C31H33F2N3O2/c32-21-6-2-19(3-7-21)29(20-4-8-22(33)9-5-20)35-16-14-34(15-17-35)12-1-13-36-30(37)27-23-10-11-24(26-18-25(23)26)28(27)31(36)38/h2-11,23-29H,1,12-18H2/t23-,24+,25?,26?,27?,28?. The number of likely N-dealkylation sites (tertiary alicyclic amines) is 1. The van der Waals surface area contributed by atoms with E-state index in [0.29, 0.717) is 18.4 Å². The topological polar surface area (TPSA) is 43.9 Å². The Labute approximate surface area is 222 Å². The highest BCUT2D eigenvalue weighted by Gasteiger charge is 2.66. The van der Waals surface area contributed by atoms with Crippen molar-refractivity contribution in [3.05, 3.63) is 83.4 Å². The number of imide groups is 1. The van der Waals surface area contributed by atoms with E-state index in [1.807, 2.05) is 24.3 Å². The second kappa shape index (κ2) is 9.38. The molecule has 0 aromatic heterocycles. The van der Waals surface area contributed by atoms with Gasteiger partial charge in [-0.05, 0) is 78.5 Å². The summed E-state index contributed by atoms with van der Waals surface area (Å²) in [5, 5.41) is 0. The molecule has 4 unspecified atom stereocenters. The Morgan fingerprint density at radius 1 is 0.711 bits per heavy atom. The fourth-order valence-electron chi connectivity index (χ4n) is 7.84. The number of hydrogen-bond acceptors (Lipinski definition) is 4. The molecule has 2 heterocycles. The molecule has 0 spiro atoms. The van der Waals surface area contributed by atoms with Crippen molar-refractivity contribution in [1.29, 1.82) is 0 Å². The van der Waals surface area contributed by atoms with E-state index in [9.17, 15) is 18.4 Å². The zero-order chi connectivity index (χ0) is 26.0. The summed E-state index contributed by atoms with van der Waals surface area (Å²) >= 11 is 0. The summed E-state index contributed by atoms with van der Waals surface area (Å²) < 4.78 is 27.2. The number of carbonyl (C=O) groups is 2. The maximum absolute atomic E-state index is 13.6. The first kappa shape index (κ1) is 24.2. The zero-order valence-electron chi connectivity index (χ0n) is 21.4. The van der Waals surface area contributed by atoms with E-state index in [1.54, 1.807) is 4.90 Å². The molecular weight excluding hydrogens is 484 g/mol. The third-order valence-corrected chi connectivity index (χ3v) is 9.75. The Morgan fingerprint density at radius 3 is 1.71 bits per heavy atom. The monoisotopic (exact) mass is 517 g/mol. The Balaban J connectivity index is 0.959. The van der Waals surface area contributed by atoms with Crippen LogP contribution in [0.1, 0.15) is 30.0 Å². The van der Waals surface area contributed by atoms with Gasteiger partial charge in [0.1, 0.15) is 11.6 Å². The summed E-state index contributed by atoms with van der Waals surface area (Å²) in [4.78, 5) is 32.8. The molecule has 5 nitrogen and oxygen atoms in total. The van der Waals surface area contributed by atoms with Crippen LogP contribution in [0, 0.1) is 47.1 Å². The van der Waals surface area contributed by atoms with Gasteiger partial charge in [0.2, 0.25) is 11.8 Å². The zero-order valence-corrected chi connectivity index (χ0v) is 21.4. The van der Waals surface area contributed by atoms with Crippen molar-refractivity contribution >= 4 is 11.8 Å². The Hall–Kier alpha value is -2.90. The van der Waals surface area contributed by atoms with Crippen molar-refractivity contribution in [3.63, 3.8) is 0 Å². The van der Waals surface area contributed by atoms with E-state index in [1.165, 1.54) is 30.7 Å². The normalized spacial score (nSPS) is 32.2. The number of halogens is 2. The molecule has 4 fully saturated rings. The third-order valence-electron chi connectivity index (χ3n) is 9.75. The molecule has 2 bridgehead atoms. The lowest BCUT2D eigenvalue weighted by atomic mass is 9.63. The predicted molar refractivity (Wildman–Crippen MR) is 139 cm³/mol. The van der Waals surface area contributed by atoms with Crippen molar-refractivity contribution in [2.45, 2.75) is 18.9 Å². The van der Waals surface area contributed by atoms with Gasteiger partial charge in [0, 0.05) is 32.7 Å². The fourth-order valence-corrected chi connectivity index (χ4v) is 7.84. The highest BCUT2D eigenvalue weighted by Crippen LogP contribution is 2.65. The van der Waals surface area contributed by atoms with E-state index in [4.69, 9.17) is 0 Å². The van der Waals surface area contributed by atoms with Crippen LogP contribution in [0.15, 0.2) is 60.7 Å². The van der Waals surface area contributed by atoms with E-state index in [-0.39, 0.29) is 53.2 Å². The Bertz CT molecular complexity index is 1170. The molecule has 2 aliphatic heterocycles. The van der Waals surface area contributed by atoms with Gasteiger partial charge in [-0.1, -0.05) is 36.4 Å². The first-order valence-electron chi connectivity index (χ1n) is 14.0. The van der Waals surface area contributed by atoms with Crippen LogP contribution in [0.4, 0.5) is 8.78 Å². The van der Waals surface area contributed by atoms with E-state index in [0.717, 1.165) is 50.3 Å². The van der Waals surface area contributed by atoms with Gasteiger partial charge in [0.15, 0.2) is 0 Å². The minimum atomic E-state index is -0.272. The maximum Gasteiger partial charge on any atom is 0.233 e. The molecule has 2 saturated carbocycles. The minimum Gasteiger partial charge on any atom is -0.301 e. The van der Waals surface area contributed by atoms with Crippen LogP contribution in [-0.2, 0) is 9.59 Å². The number of hydrogen-bond donors (Lipinski definition) is 0. The van der Waals surface area contributed by atoms with Crippen LogP contribution >= 0.6 is 0 Å². The van der Waals surface area contributed by atoms with Crippen molar-refractivity contribution in [2.75, 3.05) is 39.3 Å². The van der Waals surface area contributed by atoms with Gasteiger partial charge in [-0.3, -0.25) is 19.4 Å². The van der Waals surface area contributed by atoms with Gasteiger partial charge >= 0.3 is 0 Å². The molecule has 2 saturated heterocycles. The fraction of sp³-hybridized carbons (Fsp3) is 0.484. The van der Waals surface area contributed by atoms with Crippen molar-refractivity contribution in [2.24, 2.45) is 35.5 Å². The minimum absolute atomic E-state index is 0.0657. The van der Waals surface area contributed by atoms with Crippen LogP contribution in [0.25, 0.3) is 0 Å². The van der Waals surface area contributed by atoms with Crippen molar-refractivity contribution in [1.82, 2.24) is 14.7 Å². The largest absolute Gasteiger partial charge is 0.301 e. The average Bonchev–Trinajstić information content (AvgIpc) is 3.72. The predicted octanol–water partition coefficient (Wildman–Crippen LogP) is 4.12. The summed E-state index contributed by atoms with van der Waals surface area (Å²) in [6.45, 7) is 4.72. The molecule has 8 rings (SSSR count). The molecule has 7 heteroatoms. The van der Waals surface area contributed by atoms with Gasteiger partial charge in [-0.2, -0.15) is 0 Å². The molecule has 2 aromatic rings. The highest BCUT2D eigenvalue weighted by atomic mass is 19.1. The molecule has 2 amide bonds. The van der Waals surface area contributed by atoms with Crippen LogP contribution in [0.3, 0.4) is 0 Å². The molecule has 6 aliphatic rings. The molecule has 2 aromatic carbocycles. The van der Waals surface area contributed by atoms with Crippen LogP contribution in [0.5, 0.6) is 0 Å². The highest BCUT2D eigenvalue weighted by molar-refractivity contribution is 6.06. The lowest BCUT2D eigenvalue weighted by molar-refractivity contribution is -0.140. The lowest BCUT2D eigenvalue weighted by Gasteiger charge is -2.40. The summed E-state index contributed by atoms with van der Waals surface area (Å²) in [5.74, 6) is 1.18. The van der Waals surface area contributed by atoms with E-state index in [2.05, 4.69) is 22.0 Å². The summed E-state index contributed by atoms with van der Waals surface area (Å²) in [7, 11) is 0. The summed E-state index contributed by atoms with van der Waals surface area (Å²) in [5.41, 5.74) is 1.97. The number of allylic oxidation sites excluding steroid dienone is 2. The van der Waals surface area contributed by atoms with Gasteiger partial charge < -0.3 is 4.90 Å². The second-order valence-corrected chi connectivity index (χ2v) is 11.7. The molecule has 0 N–H and O–H groups in total. The van der Waals surface area contributed by atoms with Gasteiger partial charge in [0.05, 0.1) is 17.9 Å². The first-order chi connectivity index (χ1) is 18.5. The molecule has 0 radical (unpaired) electrons. The van der Waals surface area contributed by atoms with Crippen molar-refractivity contribution < 1.29 is 18.4 Å². The Kier molecular flexibility index (Phi) is 5.97. The maximum atomic E-state index is 13.6. The number of rotatable bonds is 7. The number of nitrogens with zero attached hydrogens (tertiary/aromatic N) is 3. The first-order valence-corrected chi connectivity index (χ1v) is 14.0.